The van der Waals surface area contributed by atoms with Gasteiger partial charge in [0, 0.05) is 56.8 Å². The van der Waals surface area contributed by atoms with Crippen molar-refractivity contribution >= 4 is 11.9 Å². The molecule has 0 N–H and O–H groups in total. The van der Waals surface area contributed by atoms with Crippen LogP contribution in [0.2, 0.25) is 0 Å². The van der Waals surface area contributed by atoms with Gasteiger partial charge < -0.3 is 19.3 Å². The second-order valence-electron chi connectivity index (χ2n) is 14.2. The molecule has 3 fully saturated rings. The van der Waals surface area contributed by atoms with Crippen molar-refractivity contribution in [3.05, 3.63) is 65.7 Å². The van der Waals surface area contributed by atoms with E-state index < -0.39 is 0 Å². The number of amides is 1. The number of methoxy groups -OCH3 is 1. The SMILES string of the molecule is COc1cccc(C23CCN(CC4CC4)CC2C(OC(C)=O)CC(N(CC(C)C)C(=O)CCCCCc2ccccc2)C3)c1. The normalized spacial score (nSPS) is 25.3. The van der Waals surface area contributed by atoms with Gasteiger partial charge in [-0.15, -0.1) is 0 Å². The summed E-state index contributed by atoms with van der Waals surface area (Å²) in [5, 5.41) is 0. The number of hydrogen-bond donors (Lipinski definition) is 0. The molecule has 2 aliphatic carbocycles. The quantitative estimate of drug-likeness (QED) is 0.171. The van der Waals surface area contributed by atoms with E-state index in [2.05, 4.69) is 72.2 Å². The maximum absolute atomic E-state index is 14.0. The van der Waals surface area contributed by atoms with Crippen LogP contribution in [-0.2, 0) is 26.2 Å². The molecule has 1 aliphatic heterocycles. The first kappa shape index (κ1) is 32.5. The monoisotopic (exact) mass is 602 g/mol. The third kappa shape index (κ3) is 8.24. The summed E-state index contributed by atoms with van der Waals surface area (Å²) in [6.07, 6.45) is 9.70. The molecule has 240 valence electrons. The molecule has 2 aromatic rings. The molecule has 1 saturated heterocycles. The number of rotatable bonds is 14. The van der Waals surface area contributed by atoms with Crippen LogP contribution in [0.25, 0.3) is 0 Å². The number of benzene rings is 2. The Morgan fingerprint density at radius 1 is 1.05 bits per heavy atom. The van der Waals surface area contributed by atoms with E-state index in [0.29, 0.717) is 18.8 Å². The zero-order chi connectivity index (χ0) is 31.1. The van der Waals surface area contributed by atoms with Crippen molar-refractivity contribution in [2.24, 2.45) is 17.8 Å². The van der Waals surface area contributed by atoms with Crippen molar-refractivity contribution in [1.82, 2.24) is 9.80 Å². The summed E-state index contributed by atoms with van der Waals surface area (Å²) < 4.78 is 11.9. The smallest absolute Gasteiger partial charge is 0.302 e. The fourth-order valence-corrected chi connectivity index (χ4v) is 7.99. The van der Waals surface area contributed by atoms with Gasteiger partial charge in [0.05, 0.1) is 7.11 Å². The van der Waals surface area contributed by atoms with Gasteiger partial charge in [0.2, 0.25) is 5.91 Å². The Kier molecular flexibility index (Phi) is 11.1. The largest absolute Gasteiger partial charge is 0.497 e. The van der Waals surface area contributed by atoms with E-state index in [0.717, 1.165) is 76.4 Å². The lowest BCUT2D eigenvalue weighted by Gasteiger charge is -2.57. The number of carbonyl (C=O) groups excluding carboxylic acids is 2. The molecular weight excluding hydrogens is 548 g/mol. The molecule has 6 heteroatoms. The molecule has 0 aromatic heterocycles. The number of aryl methyl sites for hydroxylation is 1. The maximum atomic E-state index is 14.0. The van der Waals surface area contributed by atoms with Gasteiger partial charge in [0.25, 0.3) is 0 Å². The Balaban J connectivity index is 1.37. The summed E-state index contributed by atoms with van der Waals surface area (Å²) in [6, 6.07) is 19.2. The first-order valence-electron chi connectivity index (χ1n) is 17.1. The lowest BCUT2D eigenvalue weighted by Crippen LogP contribution is -2.62. The van der Waals surface area contributed by atoms with E-state index in [1.165, 1.54) is 30.9 Å². The average Bonchev–Trinajstić information content (AvgIpc) is 3.84. The molecule has 4 atom stereocenters. The number of ether oxygens (including phenoxy) is 2. The van der Waals surface area contributed by atoms with Crippen LogP contribution in [0.4, 0.5) is 0 Å². The molecule has 0 bridgehead atoms. The summed E-state index contributed by atoms with van der Waals surface area (Å²) >= 11 is 0. The van der Waals surface area contributed by atoms with Crippen LogP contribution in [0.15, 0.2) is 54.6 Å². The number of likely N-dealkylation sites (tertiary alicyclic amines) is 1. The van der Waals surface area contributed by atoms with Crippen LogP contribution >= 0.6 is 0 Å². The van der Waals surface area contributed by atoms with Gasteiger partial charge >= 0.3 is 5.97 Å². The number of esters is 1. The summed E-state index contributed by atoms with van der Waals surface area (Å²) in [4.78, 5) is 31.4. The Hall–Kier alpha value is -2.86. The van der Waals surface area contributed by atoms with Crippen LogP contribution in [0.5, 0.6) is 5.75 Å². The van der Waals surface area contributed by atoms with E-state index in [9.17, 15) is 9.59 Å². The van der Waals surface area contributed by atoms with Gasteiger partial charge in [-0.2, -0.15) is 0 Å². The Labute approximate surface area is 265 Å². The number of hydrogen-bond acceptors (Lipinski definition) is 5. The van der Waals surface area contributed by atoms with E-state index >= 15 is 0 Å². The first-order valence-corrected chi connectivity index (χ1v) is 17.1. The Morgan fingerprint density at radius 2 is 1.84 bits per heavy atom. The first-order chi connectivity index (χ1) is 21.3. The number of unbranched alkanes of at least 4 members (excludes halogenated alkanes) is 2. The minimum Gasteiger partial charge on any atom is -0.497 e. The summed E-state index contributed by atoms with van der Waals surface area (Å²) in [6.45, 7) is 9.76. The molecule has 1 amide bonds. The highest BCUT2D eigenvalue weighted by atomic mass is 16.5. The molecule has 3 aliphatic rings. The molecular formula is C38H54N2O4. The zero-order valence-corrected chi connectivity index (χ0v) is 27.5. The lowest BCUT2D eigenvalue weighted by atomic mass is 9.56. The summed E-state index contributed by atoms with van der Waals surface area (Å²) in [5.74, 6) is 2.22. The number of carbonyl (C=O) groups is 2. The zero-order valence-electron chi connectivity index (χ0n) is 27.5. The average molecular weight is 603 g/mol. The van der Waals surface area contributed by atoms with Gasteiger partial charge in [0.1, 0.15) is 11.9 Å². The lowest BCUT2D eigenvalue weighted by molar-refractivity contribution is -0.161. The minimum absolute atomic E-state index is 0.0241. The predicted molar refractivity (Wildman–Crippen MR) is 176 cm³/mol. The molecule has 4 unspecified atom stereocenters. The van der Waals surface area contributed by atoms with E-state index in [1.54, 1.807) is 7.11 Å². The van der Waals surface area contributed by atoms with Crippen molar-refractivity contribution in [3.63, 3.8) is 0 Å². The van der Waals surface area contributed by atoms with Crippen LogP contribution in [-0.4, -0.2) is 67.1 Å². The van der Waals surface area contributed by atoms with Crippen LogP contribution in [0, 0.1) is 17.8 Å². The summed E-state index contributed by atoms with van der Waals surface area (Å²) in [5.41, 5.74) is 2.43. The van der Waals surface area contributed by atoms with Crippen LogP contribution in [0.1, 0.15) is 89.7 Å². The van der Waals surface area contributed by atoms with Crippen LogP contribution < -0.4 is 4.74 Å². The molecule has 0 radical (unpaired) electrons. The fourth-order valence-electron chi connectivity index (χ4n) is 7.99. The van der Waals surface area contributed by atoms with Gasteiger partial charge in [-0.1, -0.05) is 62.7 Å². The number of fused-ring (bicyclic) bond motifs is 1. The van der Waals surface area contributed by atoms with E-state index in [4.69, 9.17) is 9.47 Å². The Bertz CT molecular complexity index is 1230. The molecule has 6 nitrogen and oxygen atoms in total. The minimum atomic E-state index is -0.229. The predicted octanol–water partition coefficient (Wildman–Crippen LogP) is 7.05. The summed E-state index contributed by atoms with van der Waals surface area (Å²) in [7, 11) is 1.72. The van der Waals surface area contributed by atoms with E-state index in [-0.39, 0.29) is 35.4 Å². The van der Waals surface area contributed by atoms with Crippen LogP contribution in [0.3, 0.4) is 0 Å². The van der Waals surface area contributed by atoms with Crippen molar-refractivity contribution in [3.8, 4) is 5.75 Å². The topological polar surface area (TPSA) is 59.1 Å². The van der Waals surface area contributed by atoms with Crippen molar-refractivity contribution in [1.29, 1.82) is 0 Å². The maximum Gasteiger partial charge on any atom is 0.302 e. The standard InChI is InChI=1S/C38H54N2O4/c1-28(2)25-40(37(42)17-10-6-9-14-30-12-7-5-8-13-30)33-23-36(44-29(3)41)35-27-39(26-31-18-19-31)21-20-38(35,24-33)32-15-11-16-34(22-32)43-4/h5,7-8,11-13,15-16,22,28,31,33,35-36H,6,9-10,14,17-21,23-27H2,1-4H3. The molecule has 1 heterocycles. The van der Waals surface area contributed by atoms with Crippen molar-refractivity contribution < 1.29 is 19.1 Å². The molecule has 0 spiro atoms. The molecule has 2 saturated carbocycles. The van der Waals surface area contributed by atoms with Gasteiger partial charge in [0.15, 0.2) is 0 Å². The second-order valence-corrected chi connectivity index (χ2v) is 14.2. The molecule has 2 aromatic carbocycles. The molecule has 5 rings (SSSR count). The van der Waals surface area contributed by atoms with E-state index in [1.807, 2.05) is 6.07 Å². The molecule has 44 heavy (non-hydrogen) atoms. The number of piperidine rings is 1. The van der Waals surface area contributed by atoms with Crippen molar-refractivity contribution in [2.45, 2.75) is 103 Å². The highest BCUT2D eigenvalue weighted by Gasteiger charge is 2.55. The van der Waals surface area contributed by atoms with Gasteiger partial charge in [-0.05, 0) is 86.6 Å². The fraction of sp³-hybridized carbons (Fsp3) is 0.632. The van der Waals surface area contributed by atoms with Gasteiger partial charge in [-0.3, -0.25) is 9.59 Å². The third-order valence-electron chi connectivity index (χ3n) is 10.3. The second kappa shape index (κ2) is 14.9. The third-order valence-corrected chi connectivity index (χ3v) is 10.3. The van der Waals surface area contributed by atoms with Crippen molar-refractivity contribution in [2.75, 3.05) is 33.3 Å². The Morgan fingerprint density at radius 3 is 2.55 bits per heavy atom. The highest BCUT2D eigenvalue weighted by molar-refractivity contribution is 5.76. The highest BCUT2D eigenvalue weighted by Crippen LogP contribution is 2.52. The van der Waals surface area contributed by atoms with Gasteiger partial charge in [-0.25, -0.2) is 0 Å². The number of nitrogens with zero attached hydrogens (tertiary/aromatic N) is 2.